The van der Waals surface area contributed by atoms with Crippen molar-refractivity contribution in [3.05, 3.63) is 59.2 Å². The van der Waals surface area contributed by atoms with Gasteiger partial charge in [0.05, 0.1) is 12.3 Å². The van der Waals surface area contributed by atoms with Crippen LogP contribution in [-0.4, -0.2) is 4.98 Å². The van der Waals surface area contributed by atoms with E-state index in [1.165, 1.54) is 27.6 Å². The van der Waals surface area contributed by atoms with E-state index in [0.717, 1.165) is 12.2 Å². The highest BCUT2D eigenvalue weighted by atomic mass is 16.3. The van der Waals surface area contributed by atoms with Gasteiger partial charge in [0, 0.05) is 17.1 Å². The first-order valence-corrected chi connectivity index (χ1v) is 6.51. The Morgan fingerprint density at radius 2 is 2.16 bits per heavy atom. The van der Waals surface area contributed by atoms with E-state index < -0.39 is 0 Å². The molecule has 3 heteroatoms. The lowest BCUT2D eigenvalue weighted by Crippen LogP contribution is -2.12. The first-order valence-electron chi connectivity index (χ1n) is 6.51. The van der Waals surface area contributed by atoms with E-state index in [1.54, 1.807) is 6.26 Å². The monoisotopic (exact) mass is 254 g/mol. The fourth-order valence-corrected chi connectivity index (χ4v) is 2.66. The fourth-order valence-electron chi connectivity index (χ4n) is 2.66. The van der Waals surface area contributed by atoms with Crippen LogP contribution in [0.4, 0.5) is 0 Å². The number of H-pyrrole nitrogens is 1. The molecule has 3 aromatic rings. The van der Waals surface area contributed by atoms with Crippen molar-refractivity contribution in [2.75, 3.05) is 0 Å². The number of furan rings is 1. The molecule has 19 heavy (non-hydrogen) atoms. The van der Waals surface area contributed by atoms with Gasteiger partial charge in [0.25, 0.3) is 0 Å². The molecule has 0 aliphatic carbocycles. The average Bonchev–Trinajstić information content (AvgIpc) is 2.99. The highest BCUT2D eigenvalue weighted by Crippen LogP contribution is 2.26. The fraction of sp³-hybridized carbons (Fsp3) is 0.250. The molecule has 0 bridgehead atoms. The van der Waals surface area contributed by atoms with Gasteiger partial charge >= 0.3 is 0 Å². The van der Waals surface area contributed by atoms with Gasteiger partial charge < -0.3 is 15.1 Å². The summed E-state index contributed by atoms with van der Waals surface area (Å²) in [5, 5.41) is 1.26. The number of aromatic amines is 1. The normalized spacial score (nSPS) is 13.0. The summed E-state index contributed by atoms with van der Waals surface area (Å²) in [6, 6.07) is 8.10. The van der Waals surface area contributed by atoms with Crippen LogP contribution in [0.25, 0.3) is 10.9 Å². The van der Waals surface area contributed by atoms with Gasteiger partial charge in [-0.15, -0.1) is 0 Å². The molecular formula is C16H18N2O. The van der Waals surface area contributed by atoms with Crippen molar-refractivity contribution in [3.63, 3.8) is 0 Å². The number of nitrogens with two attached hydrogens (primary N) is 1. The molecule has 0 amide bonds. The molecule has 0 saturated heterocycles. The minimum atomic E-state index is -0.102. The summed E-state index contributed by atoms with van der Waals surface area (Å²) in [6.07, 6.45) is 4.50. The number of fused-ring (bicyclic) bond motifs is 1. The molecule has 3 nitrogen and oxygen atoms in total. The van der Waals surface area contributed by atoms with Crippen LogP contribution in [0.2, 0.25) is 0 Å². The third kappa shape index (κ3) is 2.17. The number of hydrogen-bond donors (Lipinski definition) is 2. The molecule has 3 N–H and O–H groups in total. The summed E-state index contributed by atoms with van der Waals surface area (Å²) < 4.78 is 5.37. The number of aromatic nitrogens is 1. The van der Waals surface area contributed by atoms with Crippen LogP contribution in [0.5, 0.6) is 0 Å². The molecular weight excluding hydrogens is 236 g/mol. The first-order chi connectivity index (χ1) is 9.15. The second kappa shape index (κ2) is 4.59. The van der Waals surface area contributed by atoms with Crippen molar-refractivity contribution in [2.24, 2.45) is 5.73 Å². The van der Waals surface area contributed by atoms with Gasteiger partial charge in [-0.25, -0.2) is 0 Å². The summed E-state index contributed by atoms with van der Waals surface area (Å²) in [4.78, 5) is 3.35. The van der Waals surface area contributed by atoms with Crippen LogP contribution < -0.4 is 5.73 Å². The third-order valence-electron chi connectivity index (χ3n) is 3.57. The topological polar surface area (TPSA) is 55.0 Å². The molecule has 1 aromatic carbocycles. The molecule has 3 rings (SSSR count). The SMILES string of the molecule is Cc1cc(C)c2[nH]cc(CC(N)c3ccco3)c2c1. The Kier molecular flexibility index (Phi) is 2.91. The molecule has 98 valence electrons. The Labute approximate surface area is 112 Å². The van der Waals surface area contributed by atoms with E-state index in [4.69, 9.17) is 10.2 Å². The summed E-state index contributed by atoms with van der Waals surface area (Å²) in [5.41, 5.74) is 11.2. The van der Waals surface area contributed by atoms with E-state index in [2.05, 4.69) is 37.2 Å². The maximum atomic E-state index is 6.19. The zero-order chi connectivity index (χ0) is 13.4. The molecule has 2 aromatic heterocycles. The quantitative estimate of drug-likeness (QED) is 0.750. The maximum absolute atomic E-state index is 6.19. The van der Waals surface area contributed by atoms with Gasteiger partial charge in [0.15, 0.2) is 0 Å². The van der Waals surface area contributed by atoms with Crippen LogP contribution in [0.1, 0.15) is 28.5 Å². The van der Waals surface area contributed by atoms with Crippen LogP contribution >= 0.6 is 0 Å². The molecule has 1 unspecified atom stereocenters. The first kappa shape index (κ1) is 12.1. The van der Waals surface area contributed by atoms with Gasteiger partial charge in [-0.1, -0.05) is 11.6 Å². The van der Waals surface area contributed by atoms with E-state index in [-0.39, 0.29) is 6.04 Å². The van der Waals surface area contributed by atoms with Crippen molar-refractivity contribution >= 4 is 10.9 Å². The van der Waals surface area contributed by atoms with E-state index in [9.17, 15) is 0 Å². The van der Waals surface area contributed by atoms with Crippen molar-refractivity contribution in [1.29, 1.82) is 0 Å². The average molecular weight is 254 g/mol. The van der Waals surface area contributed by atoms with Gasteiger partial charge in [-0.2, -0.15) is 0 Å². The largest absolute Gasteiger partial charge is 0.468 e. The molecule has 0 aliphatic rings. The van der Waals surface area contributed by atoms with E-state index >= 15 is 0 Å². The smallest absolute Gasteiger partial charge is 0.120 e. The molecule has 0 spiro atoms. The van der Waals surface area contributed by atoms with E-state index in [0.29, 0.717) is 0 Å². The van der Waals surface area contributed by atoms with Crippen molar-refractivity contribution < 1.29 is 4.42 Å². The third-order valence-corrected chi connectivity index (χ3v) is 3.57. The number of nitrogens with one attached hydrogen (secondary N) is 1. The Hall–Kier alpha value is -2.00. The zero-order valence-electron chi connectivity index (χ0n) is 11.2. The maximum Gasteiger partial charge on any atom is 0.120 e. The molecule has 2 heterocycles. The Morgan fingerprint density at radius 1 is 1.32 bits per heavy atom. The van der Waals surface area contributed by atoms with Crippen LogP contribution in [0.3, 0.4) is 0 Å². The molecule has 1 atom stereocenters. The number of benzene rings is 1. The highest BCUT2D eigenvalue weighted by Gasteiger charge is 2.13. The van der Waals surface area contributed by atoms with E-state index in [1.807, 2.05) is 12.1 Å². The summed E-state index contributed by atoms with van der Waals surface area (Å²) in [5.74, 6) is 0.832. The van der Waals surface area contributed by atoms with Crippen molar-refractivity contribution in [2.45, 2.75) is 26.3 Å². The predicted molar refractivity (Wildman–Crippen MR) is 77.1 cm³/mol. The number of hydrogen-bond acceptors (Lipinski definition) is 2. The summed E-state index contributed by atoms with van der Waals surface area (Å²) >= 11 is 0. The lowest BCUT2D eigenvalue weighted by atomic mass is 10.0. The molecule has 0 radical (unpaired) electrons. The number of aryl methyl sites for hydroxylation is 2. The minimum absolute atomic E-state index is 0.102. The Morgan fingerprint density at radius 3 is 2.89 bits per heavy atom. The predicted octanol–water partition coefficient (Wildman–Crippen LogP) is 3.62. The van der Waals surface area contributed by atoms with Gasteiger partial charge in [0.1, 0.15) is 5.76 Å². The van der Waals surface area contributed by atoms with Gasteiger partial charge in [0.2, 0.25) is 0 Å². The van der Waals surface area contributed by atoms with Crippen LogP contribution in [0, 0.1) is 13.8 Å². The Balaban J connectivity index is 1.97. The highest BCUT2D eigenvalue weighted by molar-refractivity contribution is 5.86. The van der Waals surface area contributed by atoms with Crippen molar-refractivity contribution in [1.82, 2.24) is 4.98 Å². The summed E-state index contributed by atoms with van der Waals surface area (Å²) in [6.45, 7) is 4.25. The van der Waals surface area contributed by atoms with Crippen LogP contribution in [0.15, 0.2) is 41.1 Å². The lowest BCUT2D eigenvalue weighted by Gasteiger charge is -2.08. The van der Waals surface area contributed by atoms with Crippen LogP contribution in [-0.2, 0) is 6.42 Å². The second-order valence-electron chi connectivity index (χ2n) is 5.14. The minimum Gasteiger partial charge on any atom is -0.468 e. The van der Waals surface area contributed by atoms with Crippen molar-refractivity contribution in [3.8, 4) is 0 Å². The zero-order valence-corrected chi connectivity index (χ0v) is 11.2. The molecule has 0 aliphatic heterocycles. The number of rotatable bonds is 3. The molecule has 0 saturated carbocycles. The second-order valence-corrected chi connectivity index (χ2v) is 5.14. The lowest BCUT2D eigenvalue weighted by molar-refractivity contribution is 0.465. The Bertz CT molecular complexity index is 695. The molecule has 0 fully saturated rings. The van der Waals surface area contributed by atoms with Gasteiger partial charge in [-0.3, -0.25) is 0 Å². The summed E-state index contributed by atoms with van der Waals surface area (Å²) in [7, 11) is 0. The van der Waals surface area contributed by atoms with Gasteiger partial charge in [-0.05, 0) is 49.6 Å². The standard InChI is InChI=1S/C16H18N2O/c1-10-6-11(2)16-13(7-10)12(9-18-16)8-14(17)15-4-3-5-19-15/h3-7,9,14,18H,8,17H2,1-2H3.